The van der Waals surface area contributed by atoms with Crippen LogP contribution in [0.1, 0.15) is 0 Å². The lowest BCUT2D eigenvalue weighted by Gasteiger charge is -2.05. The van der Waals surface area contributed by atoms with Crippen LogP contribution in [-0.2, 0) is 0 Å². The predicted octanol–water partition coefficient (Wildman–Crippen LogP) is 1.86. The van der Waals surface area contributed by atoms with Crippen LogP contribution in [0.3, 0.4) is 0 Å². The summed E-state index contributed by atoms with van der Waals surface area (Å²) >= 11 is -0.468. The van der Waals surface area contributed by atoms with Crippen molar-refractivity contribution in [2.24, 2.45) is 0 Å². The van der Waals surface area contributed by atoms with Crippen LogP contribution in [-0.4, -0.2) is 9.48 Å². The third-order valence-electron chi connectivity index (χ3n) is 0.990. The van der Waals surface area contributed by atoms with Gasteiger partial charge in [0.15, 0.2) is 0 Å². The van der Waals surface area contributed by atoms with Crippen LogP contribution in [0.15, 0.2) is 29.2 Å². The summed E-state index contributed by atoms with van der Waals surface area (Å²) in [6, 6.07) is 3.81. The minimum Gasteiger partial charge on any atom is -0.268 e. The molecule has 66 valence electrons. The normalized spacial score (nSPS) is 11.6. The Morgan fingerprint density at radius 3 is 2.50 bits per heavy atom. The van der Waals surface area contributed by atoms with Gasteiger partial charge in [-0.25, -0.2) is 0 Å². The zero-order valence-electron chi connectivity index (χ0n) is 5.71. The zero-order chi connectivity index (χ0) is 9.19. The van der Waals surface area contributed by atoms with Gasteiger partial charge >= 0.3 is 5.51 Å². The summed E-state index contributed by atoms with van der Waals surface area (Å²) in [6.07, 6.45) is 1.07. The molecule has 0 saturated carbocycles. The molecule has 0 bridgehead atoms. The quantitative estimate of drug-likeness (QED) is 0.682. The maximum Gasteiger partial charge on any atom is 0.462 e. The maximum atomic E-state index is 11.7. The summed E-state index contributed by atoms with van der Waals surface area (Å²) in [4.78, 5) is 10.7. The lowest BCUT2D eigenvalue weighted by molar-refractivity contribution is -0.0335. The van der Waals surface area contributed by atoms with Gasteiger partial charge in [-0.3, -0.25) is 8.77 Å². The average molecular weight is 195 g/mol. The van der Waals surface area contributed by atoms with Gasteiger partial charge in [-0.05, 0) is 6.07 Å². The topological polar surface area (TPSA) is 22.0 Å². The van der Waals surface area contributed by atoms with Gasteiger partial charge in [0.1, 0.15) is 0 Å². The first-order valence-corrected chi connectivity index (χ1v) is 3.70. The van der Waals surface area contributed by atoms with E-state index in [-0.39, 0.29) is 0 Å². The van der Waals surface area contributed by atoms with Crippen LogP contribution in [0.4, 0.5) is 13.2 Å². The van der Waals surface area contributed by atoms with E-state index in [4.69, 9.17) is 0 Å². The van der Waals surface area contributed by atoms with E-state index >= 15 is 0 Å². The van der Waals surface area contributed by atoms with Crippen LogP contribution in [0, 0.1) is 0 Å². The Balaban J connectivity index is 2.91. The average Bonchev–Trinajstić information content (AvgIpc) is 1.91. The molecule has 0 amide bonds. The van der Waals surface area contributed by atoms with Crippen molar-refractivity contribution in [2.75, 3.05) is 0 Å². The van der Waals surface area contributed by atoms with E-state index in [0.29, 0.717) is 3.97 Å². The van der Waals surface area contributed by atoms with Gasteiger partial charge in [0.2, 0.25) is 0 Å². The minimum atomic E-state index is -4.43. The number of aromatic nitrogens is 1. The molecule has 0 unspecified atom stereocenters. The first kappa shape index (κ1) is 9.18. The fourth-order valence-electron chi connectivity index (χ4n) is 0.600. The second-order valence-corrected chi connectivity index (χ2v) is 2.94. The van der Waals surface area contributed by atoms with Gasteiger partial charge < -0.3 is 0 Å². The molecule has 1 aromatic heterocycles. The molecule has 1 rings (SSSR count). The Kier molecular flexibility index (Phi) is 2.46. The van der Waals surface area contributed by atoms with Crippen LogP contribution < -0.4 is 5.56 Å². The smallest absolute Gasteiger partial charge is 0.268 e. The number of alkyl halides is 3. The maximum absolute atomic E-state index is 11.7. The number of hydrogen-bond donors (Lipinski definition) is 0. The van der Waals surface area contributed by atoms with Crippen molar-refractivity contribution in [1.29, 1.82) is 0 Å². The van der Waals surface area contributed by atoms with Crippen LogP contribution in [0.2, 0.25) is 0 Å². The molecule has 2 nitrogen and oxygen atoms in total. The highest BCUT2D eigenvalue weighted by Crippen LogP contribution is 2.29. The third-order valence-corrected chi connectivity index (χ3v) is 1.70. The molecular weight excluding hydrogens is 191 g/mol. The van der Waals surface area contributed by atoms with Gasteiger partial charge in [-0.1, -0.05) is 6.07 Å². The molecule has 0 radical (unpaired) electrons. The van der Waals surface area contributed by atoms with Gasteiger partial charge in [0.25, 0.3) is 5.56 Å². The molecule has 0 aromatic carbocycles. The predicted molar refractivity (Wildman–Crippen MR) is 39.7 cm³/mol. The molecule has 0 aliphatic rings. The largest absolute Gasteiger partial charge is 0.462 e. The summed E-state index contributed by atoms with van der Waals surface area (Å²) in [5.74, 6) is 0. The summed E-state index contributed by atoms with van der Waals surface area (Å²) in [6.45, 7) is 0. The highest BCUT2D eigenvalue weighted by Gasteiger charge is 2.30. The summed E-state index contributed by atoms with van der Waals surface area (Å²) in [5, 5.41) is 0. The van der Waals surface area contributed by atoms with Crippen molar-refractivity contribution in [3.63, 3.8) is 0 Å². The molecule has 12 heavy (non-hydrogen) atoms. The van der Waals surface area contributed by atoms with Crippen LogP contribution >= 0.6 is 11.9 Å². The first-order valence-electron chi connectivity index (χ1n) is 2.93. The number of hydrogen-bond acceptors (Lipinski definition) is 2. The molecule has 6 heteroatoms. The number of pyridine rings is 1. The summed E-state index contributed by atoms with van der Waals surface area (Å²) in [7, 11) is 0. The molecule has 0 fully saturated rings. The van der Waals surface area contributed by atoms with E-state index in [1.807, 2.05) is 0 Å². The fourth-order valence-corrected chi connectivity index (χ4v) is 1.10. The highest BCUT2D eigenvalue weighted by molar-refractivity contribution is 7.98. The number of nitrogens with zero attached hydrogens (tertiary/aromatic N) is 1. The van der Waals surface area contributed by atoms with Crippen molar-refractivity contribution < 1.29 is 13.2 Å². The minimum absolute atomic E-state index is 0.468. The Hall–Kier alpha value is -0.910. The molecule has 0 saturated heterocycles. The molecule has 0 atom stereocenters. The van der Waals surface area contributed by atoms with E-state index < -0.39 is 23.0 Å². The Morgan fingerprint density at radius 2 is 2.00 bits per heavy atom. The first-order chi connectivity index (χ1) is 5.49. The number of halogens is 3. The van der Waals surface area contributed by atoms with Crippen molar-refractivity contribution in [3.05, 3.63) is 34.7 Å². The molecule has 1 heterocycles. The van der Waals surface area contributed by atoms with Gasteiger partial charge in [0.05, 0.1) is 11.9 Å². The lowest BCUT2D eigenvalue weighted by atomic mass is 10.5. The standard InChI is InChI=1S/C6H4F3NOS/c7-6(8,9)12-10-4-2-1-3-5(10)11/h1-4H. The summed E-state index contributed by atoms with van der Waals surface area (Å²) in [5.41, 5.74) is -5.11. The van der Waals surface area contributed by atoms with E-state index in [1.54, 1.807) is 0 Å². The van der Waals surface area contributed by atoms with Crippen molar-refractivity contribution >= 4 is 11.9 Å². The van der Waals surface area contributed by atoms with Crippen molar-refractivity contribution in [1.82, 2.24) is 3.97 Å². The molecule has 0 spiro atoms. The van der Waals surface area contributed by atoms with E-state index in [0.717, 1.165) is 12.3 Å². The molecule has 0 aliphatic heterocycles. The second kappa shape index (κ2) is 3.22. The third kappa shape index (κ3) is 2.61. The Morgan fingerprint density at radius 1 is 1.33 bits per heavy atom. The Labute approximate surface area is 70.1 Å². The van der Waals surface area contributed by atoms with E-state index in [9.17, 15) is 18.0 Å². The van der Waals surface area contributed by atoms with Crippen molar-refractivity contribution in [2.45, 2.75) is 5.51 Å². The van der Waals surface area contributed by atoms with Crippen molar-refractivity contribution in [3.8, 4) is 0 Å². The van der Waals surface area contributed by atoms with Gasteiger partial charge in [0, 0.05) is 12.3 Å². The van der Waals surface area contributed by atoms with E-state index in [1.165, 1.54) is 12.1 Å². The van der Waals surface area contributed by atoms with Crippen LogP contribution in [0.5, 0.6) is 0 Å². The second-order valence-electron chi connectivity index (χ2n) is 1.90. The van der Waals surface area contributed by atoms with Gasteiger partial charge in [-0.15, -0.1) is 0 Å². The Bertz CT molecular complexity index is 319. The van der Waals surface area contributed by atoms with Crippen LogP contribution in [0.25, 0.3) is 0 Å². The lowest BCUT2D eigenvalue weighted by Crippen LogP contribution is -2.17. The zero-order valence-corrected chi connectivity index (χ0v) is 6.52. The number of rotatable bonds is 1. The monoisotopic (exact) mass is 195 g/mol. The molecule has 1 aromatic rings. The fraction of sp³-hybridized carbons (Fsp3) is 0.167. The highest BCUT2D eigenvalue weighted by atomic mass is 32.2. The molecule has 0 aliphatic carbocycles. The molecular formula is C6H4F3NOS. The van der Waals surface area contributed by atoms with E-state index in [2.05, 4.69) is 0 Å². The van der Waals surface area contributed by atoms with Gasteiger partial charge in [-0.2, -0.15) is 13.2 Å². The SMILES string of the molecule is O=c1ccccn1SC(F)(F)F. The summed E-state index contributed by atoms with van der Waals surface area (Å²) < 4.78 is 35.7. The molecule has 0 N–H and O–H groups in total.